The van der Waals surface area contributed by atoms with Gasteiger partial charge >= 0.3 is 0 Å². The third kappa shape index (κ3) is 2.28. The number of imide groups is 1. The highest BCUT2D eigenvalue weighted by Crippen LogP contribution is 2.61. The van der Waals surface area contributed by atoms with E-state index in [0.717, 1.165) is 27.2 Å². The van der Waals surface area contributed by atoms with E-state index in [0.29, 0.717) is 0 Å². The summed E-state index contributed by atoms with van der Waals surface area (Å²) in [5.74, 6) is -2.46. The second-order valence-electron chi connectivity index (χ2n) is 8.17. The predicted octanol–water partition coefficient (Wildman–Crippen LogP) is 4.64. The minimum absolute atomic E-state index is 0.0219. The minimum Gasteiger partial charge on any atom is -0.274 e. The van der Waals surface area contributed by atoms with E-state index in [9.17, 15) is 19.7 Å². The molecule has 1 saturated heterocycles. The summed E-state index contributed by atoms with van der Waals surface area (Å²) in [5, 5.41) is 11.8. The van der Waals surface area contributed by atoms with Crippen molar-refractivity contribution in [1.82, 2.24) is 0 Å². The van der Waals surface area contributed by atoms with Crippen molar-refractivity contribution in [1.29, 1.82) is 0 Å². The van der Waals surface area contributed by atoms with Crippen LogP contribution in [0.5, 0.6) is 0 Å². The quantitative estimate of drug-likeness (QED) is 0.337. The molecule has 2 bridgehead atoms. The van der Waals surface area contributed by atoms with Gasteiger partial charge < -0.3 is 0 Å². The van der Waals surface area contributed by atoms with Gasteiger partial charge in [-0.2, -0.15) is 0 Å². The molecule has 0 radical (unpaired) electrons. The van der Waals surface area contributed by atoms with Crippen LogP contribution in [0.1, 0.15) is 34.1 Å². The van der Waals surface area contributed by atoms with E-state index in [-0.39, 0.29) is 40.0 Å². The lowest BCUT2D eigenvalue weighted by Gasteiger charge is -2.45. The van der Waals surface area contributed by atoms with Gasteiger partial charge in [0.2, 0.25) is 11.8 Å². The number of nitro groups is 1. The molecule has 7 rings (SSSR count). The Balaban J connectivity index is 1.57. The Kier molecular flexibility index (Phi) is 3.68. The first kappa shape index (κ1) is 18.3. The maximum absolute atomic E-state index is 13.7. The number of benzene rings is 3. The fourth-order valence-corrected chi connectivity index (χ4v) is 5.91. The molecular formula is C24H15ClN2O4. The van der Waals surface area contributed by atoms with Crippen molar-refractivity contribution in [3.8, 4) is 0 Å². The van der Waals surface area contributed by atoms with E-state index in [1.54, 1.807) is 0 Å². The van der Waals surface area contributed by atoms with Crippen LogP contribution in [0.4, 0.5) is 11.4 Å². The number of nitrogens with zero attached hydrogens (tertiary/aromatic N) is 2. The molecule has 6 nitrogen and oxygen atoms in total. The average Bonchev–Trinajstić information content (AvgIpc) is 3.04. The summed E-state index contributed by atoms with van der Waals surface area (Å²) in [6, 6.07) is 19.9. The van der Waals surface area contributed by atoms with Gasteiger partial charge in [0.25, 0.3) is 5.69 Å². The van der Waals surface area contributed by atoms with E-state index in [1.807, 2.05) is 48.5 Å². The van der Waals surface area contributed by atoms with Crippen LogP contribution in [-0.4, -0.2) is 16.7 Å². The van der Waals surface area contributed by atoms with Gasteiger partial charge in [0.15, 0.2) is 0 Å². The molecule has 0 aromatic heterocycles. The summed E-state index contributed by atoms with van der Waals surface area (Å²) in [6.45, 7) is 0. The fourth-order valence-electron chi connectivity index (χ4n) is 5.75. The van der Waals surface area contributed by atoms with Crippen molar-refractivity contribution >= 4 is 34.8 Å². The molecule has 31 heavy (non-hydrogen) atoms. The second-order valence-corrected chi connectivity index (χ2v) is 8.60. The van der Waals surface area contributed by atoms with E-state index < -0.39 is 16.8 Å². The topological polar surface area (TPSA) is 80.5 Å². The van der Waals surface area contributed by atoms with Crippen LogP contribution >= 0.6 is 11.6 Å². The zero-order chi connectivity index (χ0) is 21.4. The molecule has 1 aliphatic heterocycles. The third-order valence-corrected chi connectivity index (χ3v) is 7.06. The van der Waals surface area contributed by atoms with E-state index in [4.69, 9.17) is 11.6 Å². The largest absolute Gasteiger partial charge is 0.294 e. The second kappa shape index (κ2) is 6.25. The Morgan fingerprint density at radius 1 is 0.774 bits per heavy atom. The lowest BCUT2D eigenvalue weighted by Crippen LogP contribution is -2.41. The molecule has 2 amide bonds. The van der Waals surface area contributed by atoms with E-state index in [1.165, 1.54) is 18.2 Å². The van der Waals surface area contributed by atoms with Crippen molar-refractivity contribution in [3.05, 3.63) is 104 Å². The van der Waals surface area contributed by atoms with Crippen LogP contribution in [0, 0.1) is 22.0 Å². The highest BCUT2D eigenvalue weighted by molar-refractivity contribution is 6.31. The van der Waals surface area contributed by atoms with Gasteiger partial charge in [-0.1, -0.05) is 60.1 Å². The molecule has 0 unspecified atom stereocenters. The molecule has 3 aromatic rings. The van der Waals surface area contributed by atoms with E-state index in [2.05, 4.69) is 0 Å². The summed E-state index contributed by atoms with van der Waals surface area (Å²) >= 11 is 5.95. The number of rotatable bonds is 2. The Labute approximate surface area is 182 Å². The van der Waals surface area contributed by atoms with Gasteiger partial charge in [-0.05, 0) is 34.4 Å². The highest BCUT2D eigenvalue weighted by atomic mass is 35.5. The van der Waals surface area contributed by atoms with Crippen LogP contribution in [-0.2, 0) is 9.59 Å². The highest BCUT2D eigenvalue weighted by Gasteiger charge is 2.62. The molecule has 3 aromatic carbocycles. The van der Waals surface area contributed by atoms with Gasteiger partial charge in [0.1, 0.15) is 5.69 Å². The van der Waals surface area contributed by atoms with Crippen molar-refractivity contribution < 1.29 is 14.5 Å². The standard InChI is InChI=1S/C24H15ClN2O4/c25-12-9-10-17(18(11-12)27(30)31)26-23(28)21-19-13-5-1-2-6-14(13)20(22(21)24(26)29)16-8-4-3-7-15(16)19/h1-11,19-22H/t19?,20?,21-,22+. The summed E-state index contributed by atoms with van der Waals surface area (Å²) in [5.41, 5.74) is 3.85. The van der Waals surface area contributed by atoms with Crippen LogP contribution in [0.25, 0.3) is 0 Å². The zero-order valence-electron chi connectivity index (χ0n) is 16.1. The number of carbonyl (C=O) groups is 2. The van der Waals surface area contributed by atoms with Crippen LogP contribution < -0.4 is 4.90 Å². The summed E-state index contributed by atoms with van der Waals surface area (Å²) in [7, 11) is 0. The number of hydrogen-bond donors (Lipinski definition) is 0. The van der Waals surface area contributed by atoms with Crippen LogP contribution in [0.2, 0.25) is 5.02 Å². The van der Waals surface area contributed by atoms with E-state index >= 15 is 0 Å². The number of carbonyl (C=O) groups excluding carboxylic acids is 2. The summed E-state index contributed by atoms with van der Waals surface area (Å²) in [6.07, 6.45) is 0. The average molecular weight is 431 g/mol. The number of amides is 2. The van der Waals surface area contributed by atoms with Gasteiger partial charge in [0, 0.05) is 22.9 Å². The SMILES string of the molecule is O=C1[C@@H]2C3c4ccccc4C(c4ccccc43)[C@@H]2C(=O)N1c1ccc(Cl)cc1[N+](=O)[O-]. The number of hydrogen-bond acceptors (Lipinski definition) is 4. The lowest BCUT2D eigenvalue weighted by atomic mass is 9.55. The molecule has 152 valence electrons. The van der Waals surface area contributed by atoms with Crippen molar-refractivity contribution in [2.75, 3.05) is 4.90 Å². The molecule has 2 atom stereocenters. The van der Waals surface area contributed by atoms with Gasteiger partial charge in [0.05, 0.1) is 16.8 Å². The summed E-state index contributed by atoms with van der Waals surface area (Å²) < 4.78 is 0. The van der Waals surface area contributed by atoms with Crippen LogP contribution in [0.3, 0.4) is 0 Å². The number of halogens is 1. The molecular weight excluding hydrogens is 416 g/mol. The Hall–Kier alpha value is -3.51. The van der Waals surface area contributed by atoms with Crippen molar-refractivity contribution in [3.63, 3.8) is 0 Å². The smallest absolute Gasteiger partial charge is 0.274 e. The molecule has 0 N–H and O–H groups in total. The fraction of sp³-hybridized carbons (Fsp3) is 0.167. The number of nitro benzene ring substituents is 1. The van der Waals surface area contributed by atoms with Gasteiger partial charge in [-0.3, -0.25) is 19.7 Å². The third-order valence-electron chi connectivity index (χ3n) is 6.82. The normalized spacial score (nSPS) is 25.3. The summed E-state index contributed by atoms with van der Waals surface area (Å²) in [4.78, 5) is 39.4. The van der Waals surface area contributed by atoms with Gasteiger partial charge in [-0.25, -0.2) is 4.90 Å². The zero-order valence-corrected chi connectivity index (χ0v) is 16.8. The molecule has 0 spiro atoms. The molecule has 1 fully saturated rings. The lowest BCUT2D eigenvalue weighted by molar-refractivity contribution is -0.384. The minimum atomic E-state index is -0.609. The first-order valence-electron chi connectivity index (χ1n) is 9.98. The monoisotopic (exact) mass is 430 g/mol. The Bertz CT molecular complexity index is 1200. The molecule has 7 heteroatoms. The molecule has 3 aliphatic carbocycles. The van der Waals surface area contributed by atoms with Crippen molar-refractivity contribution in [2.24, 2.45) is 11.8 Å². The number of anilines is 1. The van der Waals surface area contributed by atoms with Crippen LogP contribution in [0.15, 0.2) is 66.7 Å². The first-order valence-corrected chi connectivity index (χ1v) is 10.4. The predicted molar refractivity (Wildman–Crippen MR) is 114 cm³/mol. The maximum Gasteiger partial charge on any atom is 0.294 e. The molecule has 4 aliphatic rings. The Morgan fingerprint density at radius 3 is 1.65 bits per heavy atom. The first-order chi connectivity index (χ1) is 15.0. The molecule has 1 heterocycles. The maximum atomic E-state index is 13.7. The molecule has 0 saturated carbocycles. The van der Waals surface area contributed by atoms with Crippen molar-refractivity contribution in [2.45, 2.75) is 11.8 Å². The van der Waals surface area contributed by atoms with Gasteiger partial charge in [-0.15, -0.1) is 0 Å². The Morgan fingerprint density at radius 2 is 1.23 bits per heavy atom.